The fourth-order valence-electron chi connectivity index (χ4n) is 2.42. The van der Waals surface area contributed by atoms with E-state index in [0.717, 1.165) is 0 Å². The van der Waals surface area contributed by atoms with Gasteiger partial charge in [0.05, 0.1) is 12.7 Å². The molecule has 0 saturated carbocycles. The number of carbonyl (C=O) groups excluding carboxylic acids is 5. The number of hydrogen-bond acceptors (Lipinski definition) is 9. The van der Waals surface area contributed by atoms with E-state index in [-0.39, 0.29) is 6.61 Å². The average Bonchev–Trinajstić information content (AvgIpc) is 2.78. The molecule has 0 aliphatic carbocycles. The van der Waals surface area contributed by atoms with E-state index in [9.17, 15) is 29.1 Å². The quantitative estimate of drug-likeness (QED) is 0.136. The van der Waals surface area contributed by atoms with E-state index in [1.807, 2.05) is 10.9 Å². The summed E-state index contributed by atoms with van der Waals surface area (Å²) in [6, 6.07) is 3.52. The first-order chi connectivity index (χ1) is 15.5. The monoisotopic (exact) mass is 467 g/mol. The van der Waals surface area contributed by atoms with E-state index in [1.54, 1.807) is 30.3 Å². The molecule has 4 atom stereocenters. The second-order valence-corrected chi connectivity index (χ2v) is 7.16. The number of hydrazine groups is 1. The highest BCUT2D eigenvalue weighted by Crippen LogP contribution is 2.04. The summed E-state index contributed by atoms with van der Waals surface area (Å²) in [6.07, 6.45) is -1.77. The number of amides is 4. The lowest BCUT2D eigenvalue weighted by molar-refractivity contribution is -0.150. The normalized spacial score (nSPS) is 14.1. The van der Waals surface area contributed by atoms with E-state index >= 15 is 0 Å². The highest BCUT2D eigenvalue weighted by Gasteiger charge is 2.30. The molecule has 4 amide bonds. The predicted molar refractivity (Wildman–Crippen MR) is 114 cm³/mol. The van der Waals surface area contributed by atoms with Crippen molar-refractivity contribution in [2.45, 2.75) is 51.1 Å². The third kappa shape index (κ3) is 10.1. The van der Waals surface area contributed by atoms with Crippen LogP contribution in [0.15, 0.2) is 30.3 Å². The van der Waals surface area contributed by atoms with Crippen molar-refractivity contribution in [2.75, 3.05) is 6.61 Å². The van der Waals surface area contributed by atoms with E-state index in [2.05, 4.69) is 10.6 Å². The first-order valence-corrected chi connectivity index (χ1v) is 9.96. The highest BCUT2D eigenvalue weighted by atomic mass is 16.5. The van der Waals surface area contributed by atoms with E-state index in [0.29, 0.717) is 5.56 Å². The van der Waals surface area contributed by atoms with Crippen molar-refractivity contribution >= 4 is 29.6 Å². The summed E-state index contributed by atoms with van der Waals surface area (Å²) in [6.45, 7) is 1.69. The van der Waals surface area contributed by atoms with Crippen molar-refractivity contribution in [3.8, 4) is 0 Å². The van der Waals surface area contributed by atoms with Crippen molar-refractivity contribution in [2.24, 2.45) is 5.73 Å². The molecule has 0 aromatic heterocycles. The fraction of sp³-hybridized carbons (Fsp3) is 0.450. The van der Waals surface area contributed by atoms with Crippen LogP contribution in [0.1, 0.15) is 25.8 Å². The van der Waals surface area contributed by atoms with Gasteiger partial charge >= 0.3 is 12.0 Å². The Bertz CT molecular complexity index is 833. The number of hydrogen-bond donors (Lipinski definition) is 7. The molecule has 182 valence electrons. The van der Waals surface area contributed by atoms with Crippen LogP contribution in [0.3, 0.4) is 0 Å². The molecule has 1 aromatic carbocycles. The van der Waals surface area contributed by atoms with Crippen LogP contribution in [0.25, 0.3) is 0 Å². The Labute approximate surface area is 190 Å². The number of esters is 1. The summed E-state index contributed by atoms with van der Waals surface area (Å²) in [5, 5.41) is 23.1. The first-order valence-electron chi connectivity index (χ1n) is 9.96. The van der Waals surface area contributed by atoms with Gasteiger partial charge in [0, 0.05) is 6.42 Å². The van der Waals surface area contributed by atoms with Gasteiger partial charge in [-0.2, -0.15) is 0 Å². The Balaban J connectivity index is 2.73. The van der Waals surface area contributed by atoms with Gasteiger partial charge in [-0.05, 0) is 19.4 Å². The summed E-state index contributed by atoms with van der Waals surface area (Å²) in [7, 11) is 0. The van der Waals surface area contributed by atoms with Gasteiger partial charge in [-0.15, -0.1) is 0 Å². The van der Waals surface area contributed by atoms with Gasteiger partial charge in [0.2, 0.25) is 0 Å². The zero-order chi connectivity index (χ0) is 25.0. The molecule has 13 heteroatoms. The van der Waals surface area contributed by atoms with Crippen molar-refractivity contribution < 1.29 is 38.9 Å². The Morgan fingerprint density at radius 1 is 1.03 bits per heavy atom. The molecule has 1 rings (SSSR count). The average molecular weight is 467 g/mol. The van der Waals surface area contributed by atoms with Crippen LogP contribution in [0, 0.1) is 0 Å². The number of nitrogens with one attached hydrogen (secondary N) is 4. The van der Waals surface area contributed by atoms with Gasteiger partial charge in [-0.3, -0.25) is 25.2 Å². The van der Waals surface area contributed by atoms with Crippen LogP contribution in [0.5, 0.6) is 0 Å². The van der Waals surface area contributed by atoms with Gasteiger partial charge in [-0.25, -0.2) is 9.59 Å². The van der Waals surface area contributed by atoms with Crippen molar-refractivity contribution in [3.05, 3.63) is 35.9 Å². The fourth-order valence-corrected chi connectivity index (χ4v) is 2.42. The number of carbonyl (C=O) groups is 5. The van der Waals surface area contributed by atoms with E-state index in [1.165, 1.54) is 13.8 Å². The summed E-state index contributed by atoms with van der Waals surface area (Å²) in [4.78, 5) is 60.0. The number of ether oxygens (including phenoxy) is 1. The van der Waals surface area contributed by atoms with Crippen molar-refractivity contribution in [3.63, 3.8) is 0 Å². The van der Waals surface area contributed by atoms with E-state index < -0.39 is 66.9 Å². The predicted octanol–water partition coefficient (Wildman–Crippen LogP) is -2.41. The maximum atomic E-state index is 12.4. The van der Waals surface area contributed by atoms with Crippen LogP contribution in [-0.2, 0) is 30.5 Å². The molecule has 0 aliphatic rings. The maximum absolute atomic E-state index is 12.4. The molecular formula is C20H29N5O8. The summed E-state index contributed by atoms with van der Waals surface area (Å²) >= 11 is 0. The molecule has 8 N–H and O–H groups in total. The van der Waals surface area contributed by atoms with Gasteiger partial charge in [0.15, 0.2) is 6.04 Å². The van der Waals surface area contributed by atoms with Crippen molar-refractivity contribution in [1.29, 1.82) is 0 Å². The number of urea groups is 1. The minimum Gasteiger partial charge on any atom is -0.459 e. The number of Topliss-reactive ketones (excluding diaryl/α,β-unsaturated/α-hetero) is 1. The SMILES string of the molecule is CC(=O)C[C@H](NC(=O)N[C@H](C(=O)OCc1ccccc1)C(C)O)C(=O)NNC(=O)[C@@H](N)CO. The molecule has 0 spiro atoms. The van der Waals surface area contributed by atoms with Gasteiger partial charge in [-0.1, -0.05) is 30.3 Å². The second-order valence-electron chi connectivity index (χ2n) is 7.16. The molecule has 33 heavy (non-hydrogen) atoms. The Hall–Kier alpha value is -3.55. The molecule has 0 fully saturated rings. The number of nitrogens with two attached hydrogens (primary N) is 1. The molecule has 1 unspecified atom stereocenters. The lowest BCUT2D eigenvalue weighted by atomic mass is 10.1. The number of ketones is 1. The first kappa shape index (κ1) is 27.5. The minimum absolute atomic E-state index is 0.0861. The standard InChI is InChI=1S/C20H29N5O8/c1-11(27)8-15(18(30)25-24-17(29)14(21)9-26)22-20(32)23-16(12(2)28)19(31)33-10-13-6-4-3-5-7-13/h3-7,12,14-16,26,28H,8-10,21H2,1-2H3,(H,24,29)(H,25,30)(H2,22,23,32)/t12?,14-,15-,16-/m0/s1. The third-order valence-corrected chi connectivity index (χ3v) is 4.20. The van der Waals surface area contributed by atoms with Crippen LogP contribution in [-0.4, -0.2) is 70.6 Å². The minimum atomic E-state index is -1.46. The molecule has 0 heterocycles. The zero-order valence-corrected chi connectivity index (χ0v) is 18.2. The van der Waals surface area contributed by atoms with Crippen LogP contribution in [0.2, 0.25) is 0 Å². The van der Waals surface area contributed by atoms with Crippen LogP contribution < -0.4 is 27.2 Å². The summed E-state index contributed by atoms with van der Waals surface area (Å²) < 4.78 is 5.11. The summed E-state index contributed by atoms with van der Waals surface area (Å²) in [5.74, 6) is -3.23. The number of aliphatic hydroxyl groups is 2. The summed E-state index contributed by atoms with van der Waals surface area (Å²) in [5.41, 5.74) is 9.92. The molecular weight excluding hydrogens is 438 g/mol. The van der Waals surface area contributed by atoms with Gasteiger partial charge in [0.1, 0.15) is 24.5 Å². The lowest BCUT2D eigenvalue weighted by Crippen LogP contribution is -2.59. The molecule has 13 nitrogen and oxygen atoms in total. The molecule has 1 aromatic rings. The zero-order valence-electron chi connectivity index (χ0n) is 18.2. The van der Waals surface area contributed by atoms with Crippen LogP contribution >= 0.6 is 0 Å². The maximum Gasteiger partial charge on any atom is 0.331 e. The topological polar surface area (TPSA) is 209 Å². The molecule has 0 saturated heterocycles. The Morgan fingerprint density at radius 2 is 1.64 bits per heavy atom. The van der Waals surface area contributed by atoms with Gasteiger partial charge < -0.3 is 31.3 Å². The van der Waals surface area contributed by atoms with Gasteiger partial charge in [0.25, 0.3) is 11.8 Å². The lowest BCUT2D eigenvalue weighted by Gasteiger charge is -2.23. The van der Waals surface area contributed by atoms with Crippen molar-refractivity contribution in [1.82, 2.24) is 21.5 Å². The molecule has 0 aliphatic heterocycles. The molecule has 0 bridgehead atoms. The highest BCUT2D eigenvalue weighted by molar-refractivity contribution is 5.94. The number of benzene rings is 1. The number of aliphatic hydroxyl groups excluding tert-OH is 2. The Kier molecular flexibility index (Phi) is 11.5. The third-order valence-electron chi connectivity index (χ3n) is 4.20. The van der Waals surface area contributed by atoms with Crippen LogP contribution in [0.4, 0.5) is 4.79 Å². The largest absolute Gasteiger partial charge is 0.459 e. The Morgan fingerprint density at radius 3 is 2.18 bits per heavy atom. The second kappa shape index (κ2) is 13.8. The van der Waals surface area contributed by atoms with E-state index in [4.69, 9.17) is 15.6 Å². The smallest absolute Gasteiger partial charge is 0.331 e. The number of rotatable bonds is 11. The molecule has 0 radical (unpaired) electrons.